The van der Waals surface area contributed by atoms with E-state index >= 15 is 0 Å². The van der Waals surface area contributed by atoms with Crippen molar-refractivity contribution in [3.63, 3.8) is 0 Å². The lowest BCUT2D eigenvalue weighted by molar-refractivity contribution is -0.387. The Bertz CT molecular complexity index is 680. The first-order valence-corrected chi connectivity index (χ1v) is 6.25. The van der Waals surface area contributed by atoms with Crippen molar-refractivity contribution in [1.29, 1.82) is 0 Å². The minimum atomic E-state index is -1.72. The summed E-state index contributed by atoms with van der Waals surface area (Å²) >= 11 is 6.66. The van der Waals surface area contributed by atoms with Gasteiger partial charge in [-0.2, -0.15) is 4.39 Å². The number of benzene rings is 1. The lowest BCUT2D eigenvalue weighted by Gasteiger charge is -2.08. The molecule has 0 saturated carbocycles. The predicted octanol–water partition coefficient (Wildman–Crippen LogP) is 3.73. The highest BCUT2D eigenvalue weighted by molar-refractivity contribution is 7.15. The molecule has 2 rings (SSSR count). The fourth-order valence-corrected chi connectivity index (χ4v) is 2.38. The van der Waals surface area contributed by atoms with Crippen LogP contribution in [0.25, 0.3) is 0 Å². The molecule has 20 heavy (non-hydrogen) atoms. The molecular formula is C10H5ClF3N3O2S. The number of hydrogen-bond donors (Lipinski definition) is 1. The van der Waals surface area contributed by atoms with Gasteiger partial charge in [-0.25, -0.2) is 13.8 Å². The van der Waals surface area contributed by atoms with Gasteiger partial charge in [0, 0.05) is 17.1 Å². The van der Waals surface area contributed by atoms with E-state index in [1.165, 1.54) is 6.20 Å². The third kappa shape index (κ3) is 2.83. The van der Waals surface area contributed by atoms with Crippen LogP contribution >= 0.6 is 22.9 Å². The lowest BCUT2D eigenvalue weighted by Crippen LogP contribution is -2.07. The van der Waals surface area contributed by atoms with Gasteiger partial charge in [0.25, 0.3) is 0 Å². The maximum Gasteiger partial charge on any atom is 0.333 e. The van der Waals surface area contributed by atoms with Crippen molar-refractivity contribution >= 4 is 34.3 Å². The molecule has 0 atom stereocenters. The summed E-state index contributed by atoms with van der Waals surface area (Å²) in [5, 5.41) is 13.1. The van der Waals surface area contributed by atoms with Crippen LogP contribution in [0.1, 0.15) is 4.88 Å². The summed E-state index contributed by atoms with van der Waals surface area (Å²) in [6, 6.07) is 0.240. The highest BCUT2D eigenvalue weighted by Gasteiger charge is 2.28. The third-order valence-corrected chi connectivity index (χ3v) is 3.41. The van der Waals surface area contributed by atoms with E-state index in [1.54, 1.807) is 0 Å². The fourth-order valence-electron chi connectivity index (χ4n) is 1.46. The highest BCUT2D eigenvalue weighted by Crippen LogP contribution is 2.33. The molecule has 1 heterocycles. The van der Waals surface area contributed by atoms with Crippen molar-refractivity contribution in [3.8, 4) is 0 Å². The number of nitrogens with zero attached hydrogens (tertiary/aromatic N) is 2. The molecule has 0 unspecified atom stereocenters. The van der Waals surface area contributed by atoms with Gasteiger partial charge < -0.3 is 5.32 Å². The molecule has 1 aromatic carbocycles. The maximum absolute atomic E-state index is 13.5. The van der Waals surface area contributed by atoms with Gasteiger partial charge >= 0.3 is 5.69 Å². The number of nitro groups is 1. The average Bonchev–Trinajstić information content (AvgIpc) is 2.77. The topological polar surface area (TPSA) is 68.1 Å². The molecule has 0 radical (unpaired) electrons. The van der Waals surface area contributed by atoms with E-state index in [0.29, 0.717) is 4.88 Å². The highest BCUT2D eigenvalue weighted by atomic mass is 35.5. The van der Waals surface area contributed by atoms with E-state index in [4.69, 9.17) is 11.6 Å². The minimum Gasteiger partial charge on any atom is -0.372 e. The first-order valence-electron chi connectivity index (χ1n) is 5.06. The Labute approximate surface area is 119 Å². The van der Waals surface area contributed by atoms with Gasteiger partial charge in [-0.3, -0.25) is 10.1 Å². The molecule has 0 saturated heterocycles. The molecule has 5 nitrogen and oxygen atoms in total. The van der Waals surface area contributed by atoms with E-state index < -0.39 is 33.7 Å². The summed E-state index contributed by atoms with van der Waals surface area (Å²) in [7, 11) is 0. The molecule has 1 N–H and O–H groups in total. The zero-order valence-electron chi connectivity index (χ0n) is 9.49. The van der Waals surface area contributed by atoms with Crippen LogP contribution < -0.4 is 5.32 Å². The van der Waals surface area contributed by atoms with Crippen molar-refractivity contribution in [2.75, 3.05) is 5.32 Å². The first kappa shape index (κ1) is 14.5. The number of nitro benzene ring substituents is 1. The van der Waals surface area contributed by atoms with Crippen LogP contribution in [0.3, 0.4) is 0 Å². The fraction of sp³-hybridized carbons (Fsp3) is 0.100. The number of hydrogen-bond acceptors (Lipinski definition) is 5. The van der Waals surface area contributed by atoms with Crippen molar-refractivity contribution in [2.24, 2.45) is 0 Å². The zero-order chi connectivity index (χ0) is 14.9. The van der Waals surface area contributed by atoms with Gasteiger partial charge in [0.15, 0.2) is 21.8 Å². The predicted molar refractivity (Wildman–Crippen MR) is 67.4 cm³/mol. The second-order valence-corrected chi connectivity index (χ2v) is 5.27. The Morgan fingerprint density at radius 2 is 2.10 bits per heavy atom. The third-order valence-electron chi connectivity index (χ3n) is 2.29. The SMILES string of the molecule is O=[N+]([O-])c1c(F)c(F)cc(F)c1NCc1cnc(Cl)s1. The van der Waals surface area contributed by atoms with Crippen LogP contribution in [0.2, 0.25) is 4.47 Å². The molecule has 10 heteroatoms. The summed E-state index contributed by atoms with van der Waals surface area (Å²) in [5.41, 5.74) is -2.00. The Morgan fingerprint density at radius 3 is 2.65 bits per heavy atom. The number of nitrogens with one attached hydrogen (secondary N) is 1. The first-order chi connectivity index (χ1) is 9.40. The van der Waals surface area contributed by atoms with Gasteiger partial charge in [-0.1, -0.05) is 11.6 Å². The molecule has 0 spiro atoms. The van der Waals surface area contributed by atoms with Crippen LogP contribution in [0.4, 0.5) is 24.5 Å². The number of halogens is 4. The summed E-state index contributed by atoms with van der Waals surface area (Å²) in [6.45, 7) is -0.0623. The van der Waals surface area contributed by atoms with Crippen LogP contribution in [0.5, 0.6) is 0 Å². The summed E-state index contributed by atoms with van der Waals surface area (Å²) in [6.07, 6.45) is 1.38. The van der Waals surface area contributed by atoms with E-state index in [2.05, 4.69) is 10.3 Å². The summed E-state index contributed by atoms with van der Waals surface area (Å²) in [5.74, 6) is -4.60. The molecule has 106 valence electrons. The number of aromatic nitrogens is 1. The molecule has 0 amide bonds. The Hall–Kier alpha value is -1.87. The van der Waals surface area contributed by atoms with Crippen LogP contribution in [0.15, 0.2) is 12.3 Å². The van der Waals surface area contributed by atoms with E-state index in [9.17, 15) is 23.3 Å². The van der Waals surface area contributed by atoms with Crippen LogP contribution in [0, 0.1) is 27.6 Å². The summed E-state index contributed by atoms with van der Waals surface area (Å²) in [4.78, 5) is 13.8. The van der Waals surface area contributed by atoms with Crippen molar-refractivity contribution < 1.29 is 18.1 Å². The van der Waals surface area contributed by atoms with E-state index in [1.807, 2.05) is 0 Å². The van der Waals surface area contributed by atoms with Gasteiger partial charge in [0.1, 0.15) is 0 Å². The minimum absolute atomic E-state index is 0.0623. The molecule has 0 aliphatic rings. The second-order valence-electron chi connectivity index (χ2n) is 3.57. The molecule has 0 fully saturated rings. The van der Waals surface area contributed by atoms with Gasteiger partial charge in [-0.05, 0) is 0 Å². The smallest absolute Gasteiger partial charge is 0.333 e. The quantitative estimate of drug-likeness (QED) is 0.529. The average molecular weight is 324 g/mol. The second kappa shape index (κ2) is 5.63. The van der Waals surface area contributed by atoms with Gasteiger partial charge in [0.2, 0.25) is 5.82 Å². The molecule has 0 aliphatic carbocycles. The van der Waals surface area contributed by atoms with Gasteiger partial charge in [0.05, 0.1) is 11.5 Å². The van der Waals surface area contributed by atoms with Crippen LogP contribution in [-0.2, 0) is 6.54 Å². The molecule has 1 aromatic heterocycles. The monoisotopic (exact) mass is 323 g/mol. The Balaban J connectivity index is 2.35. The maximum atomic E-state index is 13.5. The zero-order valence-corrected chi connectivity index (χ0v) is 11.1. The Kier molecular flexibility index (Phi) is 4.09. The molecular weight excluding hydrogens is 319 g/mol. The van der Waals surface area contributed by atoms with Gasteiger partial charge in [-0.15, -0.1) is 11.3 Å². The largest absolute Gasteiger partial charge is 0.372 e. The number of anilines is 1. The van der Waals surface area contributed by atoms with Crippen molar-refractivity contribution in [2.45, 2.75) is 6.54 Å². The molecule has 0 bridgehead atoms. The summed E-state index contributed by atoms with van der Waals surface area (Å²) < 4.78 is 40.1. The lowest BCUT2D eigenvalue weighted by atomic mass is 10.2. The van der Waals surface area contributed by atoms with E-state index in [-0.39, 0.29) is 17.1 Å². The normalized spacial score (nSPS) is 10.6. The standard InChI is InChI=1S/C10H5ClF3N3O2S/c11-10-16-3-4(20-10)2-15-8-6(13)1-5(12)7(14)9(8)17(18)19/h1,3,15H,2H2. The number of thiazole rings is 1. The van der Waals surface area contributed by atoms with E-state index in [0.717, 1.165) is 11.3 Å². The van der Waals surface area contributed by atoms with Crippen molar-refractivity contribution in [3.05, 3.63) is 49.2 Å². The molecule has 0 aliphatic heterocycles. The molecule has 2 aromatic rings. The van der Waals surface area contributed by atoms with Crippen LogP contribution in [-0.4, -0.2) is 9.91 Å². The number of rotatable bonds is 4. The Morgan fingerprint density at radius 1 is 1.40 bits per heavy atom. The van der Waals surface area contributed by atoms with Crippen molar-refractivity contribution in [1.82, 2.24) is 4.98 Å².